The summed E-state index contributed by atoms with van der Waals surface area (Å²) in [6.07, 6.45) is -4.63. The quantitative estimate of drug-likeness (QED) is 0.723. The van der Waals surface area contributed by atoms with Crippen molar-refractivity contribution >= 4 is 17.2 Å². The lowest BCUT2D eigenvalue weighted by atomic mass is 10.1. The maximum absolute atomic E-state index is 13.2. The van der Waals surface area contributed by atoms with Gasteiger partial charge in [-0.3, -0.25) is 0 Å². The van der Waals surface area contributed by atoms with Gasteiger partial charge in [0, 0.05) is 37.3 Å². The molecule has 10 heteroatoms. The monoisotopic (exact) mass is 392 g/mol. The Morgan fingerprint density at radius 2 is 1.57 bits per heavy atom. The van der Waals surface area contributed by atoms with Crippen molar-refractivity contribution in [1.29, 1.82) is 0 Å². The van der Waals surface area contributed by atoms with E-state index in [2.05, 4.69) is 15.3 Å². The molecule has 2 aromatic heterocycles. The summed E-state index contributed by atoms with van der Waals surface area (Å²) < 4.78 is 40.5. The van der Waals surface area contributed by atoms with Crippen LogP contribution >= 0.6 is 0 Å². The predicted molar refractivity (Wildman–Crippen MR) is 97.8 cm³/mol. The van der Waals surface area contributed by atoms with Gasteiger partial charge in [0.1, 0.15) is 5.75 Å². The number of piperazine rings is 1. The number of phenols is 1. The SMILES string of the molecule is Cc1c(N2CCN(c3ccccc3O)CC2)nn2c(C(F)(F)F)nnc2c1C. The number of hydrogen-bond acceptors (Lipinski definition) is 6. The molecule has 0 unspecified atom stereocenters. The molecular weight excluding hydrogens is 373 g/mol. The van der Waals surface area contributed by atoms with Gasteiger partial charge in [0.2, 0.25) is 0 Å². The van der Waals surface area contributed by atoms with Gasteiger partial charge in [-0.05, 0) is 26.0 Å². The minimum absolute atomic E-state index is 0.112. The summed E-state index contributed by atoms with van der Waals surface area (Å²) in [6.45, 7) is 5.92. The van der Waals surface area contributed by atoms with E-state index < -0.39 is 12.0 Å². The van der Waals surface area contributed by atoms with Crippen LogP contribution in [0, 0.1) is 13.8 Å². The molecule has 0 radical (unpaired) electrons. The Morgan fingerprint density at radius 1 is 0.929 bits per heavy atom. The van der Waals surface area contributed by atoms with Crippen LogP contribution in [0.4, 0.5) is 24.7 Å². The second kappa shape index (κ2) is 6.54. The molecule has 0 amide bonds. The number of para-hydroxylation sites is 2. The standard InChI is InChI=1S/C18H19F3N6O/c1-11-12(2)16(24-27-15(11)22-23-17(27)18(19,20)21)26-9-7-25(8-10-26)13-5-3-4-6-14(13)28/h3-6,28H,7-10H2,1-2H3. The maximum atomic E-state index is 13.2. The Bertz CT molecular complexity index is 1020. The number of aromatic hydroxyl groups is 1. The number of hydrogen-bond donors (Lipinski definition) is 1. The maximum Gasteiger partial charge on any atom is 0.453 e. The number of fused-ring (bicyclic) bond motifs is 1. The highest BCUT2D eigenvalue weighted by atomic mass is 19.4. The van der Waals surface area contributed by atoms with E-state index in [-0.39, 0.29) is 11.4 Å². The number of nitrogens with zero attached hydrogens (tertiary/aromatic N) is 6. The third kappa shape index (κ3) is 2.98. The van der Waals surface area contributed by atoms with Crippen LogP contribution < -0.4 is 9.80 Å². The molecule has 1 aromatic carbocycles. The van der Waals surface area contributed by atoms with Crippen LogP contribution in [0.15, 0.2) is 24.3 Å². The largest absolute Gasteiger partial charge is 0.506 e. The molecule has 1 fully saturated rings. The minimum atomic E-state index is -4.63. The van der Waals surface area contributed by atoms with Gasteiger partial charge >= 0.3 is 6.18 Å². The van der Waals surface area contributed by atoms with Crippen molar-refractivity contribution in [2.75, 3.05) is 36.0 Å². The third-order valence-electron chi connectivity index (χ3n) is 5.12. The first-order valence-corrected chi connectivity index (χ1v) is 8.85. The van der Waals surface area contributed by atoms with Crippen LogP contribution in [-0.4, -0.2) is 51.1 Å². The van der Waals surface area contributed by atoms with Crippen molar-refractivity contribution in [3.05, 3.63) is 41.2 Å². The average Bonchev–Trinajstić information content (AvgIpc) is 3.10. The molecule has 0 atom stereocenters. The lowest BCUT2D eigenvalue weighted by Crippen LogP contribution is -2.47. The van der Waals surface area contributed by atoms with Gasteiger partial charge in [-0.2, -0.15) is 17.7 Å². The summed E-state index contributed by atoms with van der Waals surface area (Å²) in [5.74, 6) is -0.422. The first-order chi connectivity index (χ1) is 13.3. The van der Waals surface area contributed by atoms with Gasteiger partial charge in [0.05, 0.1) is 5.69 Å². The molecular formula is C18H19F3N6O. The molecule has 1 N–H and O–H groups in total. The van der Waals surface area contributed by atoms with Crippen LogP contribution in [-0.2, 0) is 6.18 Å². The first kappa shape index (κ1) is 18.3. The van der Waals surface area contributed by atoms with Crippen molar-refractivity contribution in [3.63, 3.8) is 0 Å². The highest BCUT2D eigenvalue weighted by Crippen LogP contribution is 2.32. The fraction of sp³-hybridized carbons (Fsp3) is 0.389. The highest BCUT2D eigenvalue weighted by molar-refractivity contribution is 5.62. The van der Waals surface area contributed by atoms with E-state index in [1.165, 1.54) is 0 Å². The van der Waals surface area contributed by atoms with Crippen molar-refractivity contribution in [3.8, 4) is 5.75 Å². The summed E-state index contributed by atoms with van der Waals surface area (Å²) in [7, 11) is 0. The molecule has 0 spiro atoms. The average molecular weight is 392 g/mol. The minimum Gasteiger partial charge on any atom is -0.506 e. The second-order valence-electron chi connectivity index (χ2n) is 6.79. The molecule has 0 bridgehead atoms. The molecule has 0 saturated carbocycles. The van der Waals surface area contributed by atoms with Crippen molar-refractivity contribution < 1.29 is 18.3 Å². The van der Waals surface area contributed by atoms with Gasteiger partial charge in [-0.1, -0.05) is 12.1 Å². The van der Waals surface area contributed by atoms with Crippen molar-refractivity contribution in [2.24, 2.45) is 0 Å². The van der Waals surface area contributed by atoms with E-state index in [0.717, 1.165) is 15.8 Å². The Hall–Kier alpha value is -3.04. The Morgan fingerprint density at radius 3 is 2.21 bits per heavy atom. The van der Waals surface area contributed by atoms with Crippen molar-refractivity contribution in [1.82, 2.24) is 19.8 Å². The van der Waals surface area contributed by atoms with Gasteiger partial charge in [0.15, 0.2) is 11.5 Å². The van der Waals surface area contributed by atoms with Crippen LogP contribution in [0.5, 0.6) is 5.75 Å². The number of phenolic OH excluding ortho intramolecular Hbond substituents is 1. The Balaban J connectivity index is 1.65. The van der Waals surface area contributed by atoms with E-state index in [4.69, 9.17) is 0 Å². The van der Waals surface area contributed by atoms with Crippen LogP contribution in [0.1, 0.15) is 17.0 Å². The molecule has 4 rings (SSSR count). The molecule has 1 aliphatic heterocycles. The lowest BCUT2D eigenvalue weighted by Gasteiger charge is -2.37. The summed E-state index contributed by atoms with van der Waals surface area (Å²) in [6, 6.07) is 7.10. The number of benzene rings is 1. The predicted octanol–water partition coefficient (Wildman–Crippen LogP) is 2.79. The zero-order chi connectivity index (χ0) is 20.1. The zero-order valence-corrected chi connectivity index (χ0v) is 15.4. The van der Waals surface area contributed by atoms with E-state index >= 15 is 0 Å². The van der Waals surface area contributed by atoms with E-state index in [0.29, 0.717) is 37.6 Å². The first-order valence-electron chi connectivity index (χ1n) is 8.85. The number of aryl methyl sites for hydroxylation is 1. The summed E-state index contributed by atoms with van der Waals surface area (Å²) in [5, 5.41) is 21.2. The molecule has 1 aliphatic rings. The van der Waals surface area contributed by atoms with E-state index in [1.807, 2.05) is 28.9 Å². The smallest absolute Gasteiger partial charge is 0.453 e. The highest BCUT2D eigenvalue weighted by Gasteiger charge is 2.38. The molecule has 3 heterocycles. The lowest BCUT2D eigenvalue weighted by molar-refractivity contribution is -0.146. The fourth-order valence-electron chi connectivity index (χ4n) is 3.48. The zero-order valence-electron chi connectivity index (χ0n) is 15.4. The van der Waals surface area contributed by atoms with Crippen LogP contribution in [0.2, 0.25) is 0 Å². The second-order valence-corrected chi connectivity index (χ2v) is 6.79. The normalized spacial score (nSPS) is 15.5. The van der Waals surface area contributed by atoms with Crippen molar-refractivity contribution in [2.45, 2.75) is 20.0 Å². The molecule has 7 nitrogen and oxygen atoms in total. The third-order valence-corrected chi connectivity index (χ3v) is 5.12. The molecule has 148 valence electrons. The van der Waals surface area contributed by atoms with E-state index in [1.54, 1.807) is 19.1 Å². The molecule has 1 saturated heterocycles. The molecule has 3 aromatic rings. The Kier molecular flexibility index (Phi) is 4.28. The number of rotatable bonds is 2. The number of halogens is 3. The van der Waals surface area contributed by atoms with Gasteiger partial charge in [-0.25, -0.2) is 0 Å². The Labute approximate surface area is 159 Å². The summed E-state index contributed by atoms with van der Waals surface area (Å²) in [5.41, 5.74) is 2.26. The van der Waals surface area contributed by atoms with Gasteiger partial charge < -0.3 is 14.9 Å². The number of alkyl halides is 3. The van der Waals surface area contributed by atoms with E-state index in [9.17, 15) is 18.3 Å². The van der Waals surface area contributed by atoms with Gasteiger partial charge in [-0.15, -0.1) is 15.3 Å². The summed E-state index contributed by atoms with van der Waals surface area (Å²) >= 11 is 0. The van der Waals surface area contributed by atoms with Crippen LogP contribution in [0.3, 0.4) is 0 Å². The fourth-order valence-corrected chi connectivity index (χ4v) is 3.48. The topological polar surface area (TPSA) is 69.8 Å². The van der Waals surface area contributed by atoms with Crippen LogP contribution in [0.25, 0.3) is 5.65 Å². The number of anilines is 2. The summed E-state index contributed by atoms with van der Waals surface area (Å²) in [4.78, 5) is 4.00. The number of aromatic nitrogens is 4. The molecule has 0 aliphatic carbocycles. The van der Waals surface area contributed by atoms with Gasteiger partial charge in [0.25, 0.3) is 5.82 Å². The molecule has 28 heavy (non-hydrogen) atoms.